The number of hydrogen-bond donors (Lipinski definition) is 0. The van der Waals surface area contributed by atoms with Gasteiger partial charge in [0.15, 0.2) is 5.76 Å². The van der Waals surface area contributed by atoms with Crippen LogP contribution in [-0.2, 0) is 0 Å². The molecule has 0 aliphatic heterocycles. The average Bonchev–Trinajstić information content (AvgIpc) is 3.00. The third kappa shape index (κ3) is 2.44. The lowest BCUT2D eigenvalue weighted by Gasteiger charge is -2.09. The lowest BCUT2D eigenvalue weighted by atomic mass is 10.1. The van der Waals surface area contributed by atoms with E-state index >= 15 is 0 Å². The smallest absolute Gasteiger partial charge is 0.235 e. The van der Waals surface area contributed by atoms with Crippen LogP contribution in [0.4, 0.5) is 0 Å². The zero-order valence-electron chi connectivity index (χ0n) is 12.0. The molecule has 0 amide bonds. The molecular weight excluding hydrogens is 268 g/mol. The van der Waals surface area contributed by atoms with Crippen LogP contribution in [0.1, 0.15) is 18.9 Å². The lowest BCUT2D eigenvalue weighted by Crippen LogP contribution is -2.10. The minimum absolute atomic E-state index is 0.170. The van der Waals surface area contributed by atoms with E-state index in [9.17, 15) is 4.79 Å². The molecular formula is C17H16O4. The molecule has 0 radical (unpaired) electrons. The number of aryl methyl sites for hydroxylation is 1. The Bertz CT molecular complexity index is 813. The summed E-state index contributed by atoms with van der Waals surface area (Å²) in [5, 5.41) is 0.516. The topological polar surface area (TPSA) is 52.6 Å². The largest absolute Gasteiger partial charge is 0.486 e. The maximum absolute atomic E-state index is 12.6. The molecule has 3 aromatic rings. The van der Waals surface area contributed by atoms with Gasteiger partial charge in [0.25, 0.3) is 0 Å². The third-order valence-corrected chi connectivity index (χ3v) is 3.20. The summed E-state index contributed by atoms with van der Waals surface area (Å²) in [5.74, 6) is 1.04. The van der Waals surface area contributed by atoms with Crippen molar-refractivity contribution in [1.82, 2.24) is 0 Å². The second-order valence-electron chi connectivity index (χ2n) is 4.91. The Labute approximate surface area is 122 Å². The number of fused-ring (bicyclic) bond motifs is 1. The van der Waals surface area contributed by atoms with Crippen molar-refractivity contribution in [3.8, 4) is 17.3 Å². The molecule has 0 fully saturated rings. The van der Waals surface area contributed by atoms with Crippen LogP contribution in [0.25, 0.3) is 22.5 Å². The van der Waals surface area contributed by atoms with Gasteiger partial charge in [-0.25, -0.2) is 0 Å². The van der Waals surface area contributed by atoms with Crippen molar-refractivity contribution in [2.24, 2.45) is 0 Å². The first-order chi connectivity index (χ1) is 10.2. The van der Waals surface area contributed by atoms with Gasteiger partial charge in [-0.15, -0.1) is 0 Å². The molecule has 0 aliphatic carbocycles. The molecule has 0 aliphatic rings. The van der Waals surface area contributed by atoms with E-state index in [1.165, 1.54) is 0 Å². The van der Waals surface area contributed by atoms with Crippen molar-refractivity contribution in [2.45, 2.75) is 20.3 Å². The third-order valence-electron chi connectivity index (χ3n) is 3.20. The number of benzene rings is 1. The molecule has 2 heterocycles. The number of furan rings is 1. The highest BCUT2D eigenvalue weighted by Gasteiger charge is 2.19. The van der Waals surface area contributed by atoms with E-state index in [2.05, 4.69) is 0 Å². The van der Waals surface area contributed by atoms with Gasteiger partial charge in [-0.2, -0.15) is 0 Å². The molecule has 0 spiro atoms. The molecule has 108 valence electrons. The molecule has 21 heavy (non-hydrogen) atoms. The highest BCUT2D eigenvalue weighted by molar-refractivity contribution is 5.81. The quantitative estimate of drug-likeness (QED) is 0.722. The molecule has 0 saturated heterocycles. The van der Waals surface area contributed by atoms with E-state index in [0.717, 1.165) is 12.0 Å². The van der Waals surface area contributed by atoms with Crippen molar-refractivity contribution in [1.29, 1.82) is 0 Å². The van der Waals surface area contributed by atoms with E-state index in [-0.39, 0.29) is 11.2 Å². The van der Waals surface area contributed by atoms with Crippen LogP contribution < -0.4 is 10.2 Å². The van der Waals surface area contributed by atoms with Gasteiger partial charge in [0.05, 0.1) is 18.3 Å². The van der Waals surface area contributed by atoms with E-state index in [1.807, 2.05) is 26.0 Å². The summed E-state index contributed by atoms with van der Waals surface area (Å²) in [5.41, 5.74) is 1.39. The van der Waals surface area contributed by atoms with E-state index in [4.69, 9.17) is 13.6 Å². The maximum atomic E-state index is 12.6. The Hall–Kier alpha value is -2.49. The predicted octanol–water partition coefficient (Wildman–Crippen LogP) is 4.15. The fourth-order valence-corrected chi connectivity index (χ4v) is 2.19. The fraction of sp³-hybridized carbons (Fsp3) is 0.235. The number of hydrogen-bond acceptors (Lipinski definition) is 4. The fourth-order valence-electron chi connectivity index (χ4n) is 2.19. The van der Waals surface area contributed by atoms with Crippen molar-refractivity contribution in [3.63, 3.8) is 0 Å². The van der Waals surface area contributed by atoms with Crippen LogP contribution in [-0.4, -0.2) is 6.61 Å². The molecule has 1 aromatic carbocycles. The van der Waals surface area contributed by atoms with Gasteiger partial charge in [0.2, 0.25) is 16.9 Å². The normalized spacial score (nSPS) is 11.0. The van der Waals surface area contributed by atoms with Crippen LogP contribution in [0.15, 0.2) is 50.2 Å². The molecule has 2 aromatic heterocycles. The Kier molecular flexibility index (Phi) is 3.52. The van der Waals surface area contributed by atoms with Gasteiger partial charge in [-0.3, -0.25) is 4.79 Å². The SMILES string of the molecule is CCCOc1c(-c2ccco2)oc2cc(C)ccc2c1=O. The van der Waals surface area contributed by atoms with E-state index < -0.39 is 0 Å². The predicted molar refractivity (Wildman–Crippen MR) is 80.7 cm³/mol. The van der Waals surface area contributed by atoms with Crippen molar-refractivity contribution >= 4 is 11.0 Å². The first kappa shape index (κ1) is 13.5. The molecule has 0 atom stereocenters. The Balaban J connectivity index is 2.29. The average molecular weight is 284 g/mol. The van der Waals surface area contributed by atoms with Gasteiger partial charge < -0.3 is 13.6 Å². The molecule has 0 saturated carbocycles. The van der Waals surface area contributed by atoms with Crippen LogP contribution in [0, 0.1) is 6.92 Å². The standard InChI is InChI=1S/C17H16O4/c1-3-8-20-17-15(18)12-7-6-11(2)10-14(12)21-16(17)13-5-4-9-19-13/h4-7,9-10H,3,8H2,1-2H3. The molecule has 4 nitrogen and oxygen atoms in total. The molecule has 0 N–H and O–H groups in total. The van der Waals surface area contributed by atoms with E-state index in [0.29, 0.717) is 29.1 Å². The van der Waals surface area contributed by atoms with Crippen LogP contribution >= 0.6 is 0 Å². The van der Waals surface area contributed by atoms with Crippen LogP contribution in [0.2, 0.25) is 0 Å². The zero-order valence-corrected chi connectivity index (χ0v) is 12.0. The van der Waals surface area contributed by atoms with Crippen molar-refractivity contribution in [3.05, 3.63) is 52.4 Å². The number of ether oxygens (including phenoxy) is 1. The highest BCUT2D eigenvalue weighted by atomic mass is 16.5. The van der Waals surface area contributed by atoms with Gasteiger partial charge in [-0.1, -0.05) is 13.0 Å². The second-order valence-corrected chi connectivity index (χ2v) is 4.91. The summed E-state index contributed by atoms with van der Waals surface area (Å²) >= 11 is 0. The molecule has 0 bridgehead atoms. The minimum atomic E-state index is -0.170. The summed E-state index contributed by atoms with van der Waals surface area (Å²) < 4.78 is 16.9. The van der Waals surface area contributed by atoms with Crippen LogP contribution in [0.5, 0.6) is 5.75 Å². The van der Waals surface area contributed by atoms with Crippen molar-refractivity contribution < 1.29 is 13.6 Å². The minimum Gasteiger partial charge on any atom is -0.486 e. The number of rotatable bonds is 4. The highest BCUT2D eigenvalue weighted by Crippen LogP contribution is 2.31. The molecule has 3 rings (SSSR count). The summed E-state index contributed by atoms with van der Waals surface area (Å²) in [6.07, 6.45) is 2.35. The molecule has 4 heteroatoms. The summed E-state index contributed by atoms with van der Waals surface area (Å²) in [4.78, 5) is 12.6. The first-order valence-electron chi connectivity index (χ1n) is 6.95. The Morgan fingerprint density at radius 3 is 2.81 bits per heavy atom. The zero-order chi connectivity index (χ0) is 14.8. The van der Waals surface area contributed by atoms with Gasteiger partial charge >= 0.3 is 0 Å². The van der Waals surface area contributed by atoms with Gasteiger partial charge in [-0.05, 0) is 43.2 Å². The second kappa shape index (κ2) is 5.48. The summed E-state index contributed by atoms with van der Waals surface area (Å²) in [6, 6.07) is 8.99. The van der Waals surface area contributed by atoms with Gasteiger partial charge in [0, 0.05) is 0 Å². The summed E-state index contributed by atoms with van der Waals surface area (Å²) in [7, 11) is 0. The molecule has 0 unspecified atom stereocenters. The van der Waals surface area contributed by atoms with E-state index in [1.54, 1.807) is 24.5 Å². The first-order valence-corrected chi connectivity index (χ1v) is 6.95. The van der Waals surface area contributed by atoms with Crippen molar-refractivity contribution in [2.75, 3.05) is 6.61 Å². The lowest BCUT2D eigenvalue weighted by molar-refractivity contribution is 0.307. The Morgan fingerprint density at radius 1 is 1.24 bits per heavy atom. The summed E-state index contributed by atoms with van der Waals surface area (Å²) in [6.45, 7) is 4.39. The van der Waals surface area contributed by atoms with Gasteiger partial charge in [0.1, 0.15) is 5.58 Å². The maximum Gasteiger partial charge on any atom is 0.235 e. The Morgan fingerprint density at radius 2 is 2.10 bits per heavy atom. The monoisotopic (exact) mass is 284 g/mol. The van der Waals surface area contributed by atoms with Crippen LogP contribution in [0.3, 0.4) is 0 Å².